The molecule has 9 heteroatoms. The molecule has 7 nitrogen and oxygen atoms in total. The van der Waals surface area contributed by atoms with Gasteiger partial charge < -0.3 is 23.8 Å². The Bertz CT molecular complexity index is 959. The normalized spacial score (nSPS) is 22.6. The van der Waals surface area contributed by atoms with Gasteiger partial charge in [0.15, 0.2) is 8.32 Å². The van der Waals surface area contributed by atoms with Gasteiger partial charge in [0.05, 0.1) is 18.6 Å². The highest BCUT2D eigenvalue weighted by Gasteiger charge is 2.59. The van der Waals surface area contributed by atoms with Crippen LogP contribution in [-0.4, -0.2) is 65.3 Å². The predicted molar refractivity (Wildman–Crippen MR) is 140 cm³/mol. The van der Waals surface area contributed by atoms with Gasteiger partial charge in [-0.25, -0.2) is 0 Å². The maximum absolute atomic E-state index is 14.1. The smallest absolute Gasteiger partial charge is 0.248 e. The zero-order valence-electron chi connectivity index (χ0n) is 22.6. The molecule has 0 aromatic carbocycles. The second kappa shape index (κ2) is 9.31. The van der Waals surface area contributed by atoms with E-state index in [9.17, 15) is 9.59 Å². The van der Waals surface area contributed by atoms with Crippen molar-refractivity contribution in [2.75, 3.05) is 33.2 Å². The summed E-state index contributed by atoms with van der Waals surface area (Å²) in [5.74, 6) is -0.0306. The van der Waals surface area contributed by atoms with Gasteiger partial charge in [0.25, 0.3) is 0 Å². The third-order valence-electron chi connectivity index (χ3n) is 7.98. The summed E-state index contributed by atoms with van der Waals surface area (Å²) in [6.07, 6.45) is 0.494. The van der Waals surface area contributed by atoms with E-state index >= 15 is 0 Å². The van der Waals surface area contributed by atoms with Crippen molar-refractivity contribution >= 4 is 22.3 Å². The van der Waals surface area contributed by atoms with Gasteiger partial charge in [-0.2, -0.15) is 0 Å². The molecule has 1 atom stereocenters. The van der Waals surface area contributed by atoms with Crippen LogP contribution < -0.4 is 5.56 Å². The fraction of sp³-hybridized carbons (Fsp3) is 0.760. The third kappa shape index (κ3) is 5.14. The number of carbonyl (C=O) groups is 1. The van der Waals surface area contributed by atoms with Gasteiger partial charge in [-0.3, -0.25) is 9.59 Å². The van der Waals surface area contributed by atoms with Crippen LogP contribution in [0.15, 0.2) is 16.9 Å². The Labute approximate surface area is 206 Å². The first-order valence-corrected chi connectivity index (χ1v) is 19.0. The fourth-order valence-corrected chi connectivity index (χ4v) is 6.13. The molecule has 1 aromatic rings. The molecule has 34 heavy (non-hydrogen) atoms. The van der Waals surface area contributed by atoms with E-state index in [4.69, 9.17) is 13.9 Å². The second-order valence-corrected chi connectivity index (χ2v) is 23.3. The molecule has 0 aliphatic carbocycles. The lowest BCUT2D eigenvalue weighted by Crippen LogP contribution is -2.69. The second-order valence-electron chi connectivity index (χ2n) is 12.9. The zero-order chi connectivity index (χ0) is 25.6. The Hall–Kier alpha value is -1.27. The maximum Gasteiger partial charge on any atom is 0.248 e. The van der Waals surface area contributed by atoms with Crippen molar-refractivity contribution in [1.82, 2.24) is 9.88 Å². The Balaban J connectivity index is 1.91. The Morgan fingerprint density at radius 3 is 2.26 bits per heavy atom. The predicted octanol–water partition coefficient (Wildman–Crippen LogP) is 4.42. The van der Waals surface area contributed by atoms with Crippen molar-refractivity contribution < 1.29 is 18.7 Å². The highest BCUT2D eigenvalue weighted by molar-refractivity contribution is 6.76. The minimum Gasteiger partial charge on any atom is -0.417 e. The van der Waals surface area contributed by atoms with E-state index in [2.05, 4.69) is 58.5 Å². The first-order chi connectivity index (χ1) is 15.5. The molecule has 1 saturated heterocycles. The molecule has 192 valence electrons. The molecule has 2 aliphatic rings. The molecule has 0 saturated carbocycles. The topological polar surface area (TPSA) is 80.9 Å². The van der Waals surface area contributed by atoms with Crippen molar-refractivity contribution in [3.05, 3.63) is 33.7 Å². The van der Waals surface area contributed by atoms with Crippen LogP contribution in [0.2, 0.25) is 43.8 Å². The Morgan fingerprint density at radius 2 is 1.74 bits per heavy atom. The minimum atomic E-state index is -1.97. The molecule has 3 heterocycles. The number of nitrogens with zero attached hydrogens (tertiary/aromatic N) is 1. The summed E-state index contributed by atoms with van der Waals surface area (Å²) in [4.78, 5) is 31.3. The fourth-order valence-electron chi connectivity index (χ4n) is 4.32. The lowest BCUT2D eigenvalue weighted by Gasteiger charge is -2.56. The molecule has 2 aliphatic heterocycles. The van der Waals surface area contributed by atoms with Crippen molar-refractivity contribution in [3.8, 4) is 0 Å². The standard InChI is InChI=1S/C25H44N2O5Si2/c1-23(2,3)34(8,9)32-13-12-24(4)21-19(10-11-20(28)26-21)25(16-31-17-25)27(22(24)29)18-30-14-15-33(5,6)7/h10-11H,12-18H2,1-9H3,(H,26,28). The summed E-state index contributed by atoms with van der Waals surface area (Å²) in [7, 11) is -3.21. The Morgan fingerprint density at radius 1 is 1.09 bits per heavy atom. The lowest BCUT2D eigenvalue weighted by atomic mass is 9.69. The highest BCUT2D eigenvalue weighted by atomic mass is 28.4. The van der Waals surface area contributed by atoms with Gasteiger partial charge >= 0.3 is 0 Å². The van der Waals surface area contributed by atoms with E-state index < -0.39 is 27.3 Å². The van der Waals surface area contributed by atoms with Crippen LogP contribution in [0.4, 0.5) is 0 Å². The number of rotatable bonds is 9. The minimum absolute atomic E-state index is 0.0306. The summed E-state index contributed by atoms with van der Waals surface area (Å²) < 4.78 is 18.1. The molecule has 1 aromatic heterocycles. The number of ether oxygens (including phenoxy) is 2. The molecular formula is C25H44N2O5Si2. The number of nitrogens with one attached hydrogen (secondary N) is 1. The van der Waals surface area contributed by atoms with Gasteiger partial charge in [0, 0.05) is 38.6 Å². The number of amides is 1. The van der Waals surface area contributed by atoms with Gasteiger partial charge in [0.2, 0.25) is 11.5 Å². The van der Waals surface area contributed by atoms with Crippen LogP contribution in [0.25, 0.3) is 0 Å². The van der Waals surface area contributed by atoms with Crippen molar-refractivity contribution in [3.63, 3.8) is 0 Å². The van der Waals surface area contributed by atoms with Gasteiger partial charge in [-0.15, -0.1) is 0 Å². The van der Waals surface area contributed by atoms with Crippen LogP contribution in [-0.2, 0) is 29.6 Å². The van der Waals surface area contributed by atoms with E-state index in [0.29, 0.717) is 38.5 Å². The van der Waals surface area contributed by atoms with Gasteiger partial charge in [-0.1, -0.05) is 40.4 Å². The number of fused-ring (bicyclic) bond motifs is 2. The van der Waals surface area contributed by atoms with E-state index in [0.717, 1.165) is 11.6 Å². The molecule has 1 unspecified atom stereocenters. The Kier molecular flexibility index (Phi) is 7.48. The molecular weight excluding hydrogens is 464 g/mol. The summed E-state index contributed by atoms with van der Waals surface area (Å²) >= 11 is 0. The first kappa shape index (κ1) is 27.3. The number of hydrogen-bond acceptors (Lipinski definition) is 5. The molecule has 1 spiro atoms. The number of aromatic amines is 1. The van der Waals surface area contributed by atoms with Crippen LogP contribution in [0.1, 0.15) is 45.4 Å². The van der Waals surface area contributed by atoms with Crippen LogP contribution in [0.3, 0.4) is 0 Å². The van der Waals surface area contributed by atoms with Crippen molar-refractivity contribution in [2.24, 2.45) is 0 Å². The largest absolute Gasteiger partial charge is 0.417 e. The number of carbonyl (C=O) groups excluding carboxylic acids is 1. The number of hydrogen-bond donors (Lipinski definition) is 1. The highest BCUT2D eigenvalue weighted by Crippen LogP contribution is 2.48. The summed E-state index contributed by atoms with van der Waals surface area (Å²) in [5.41, 5.74) is -0.0261. The molecule has 1 fully saturated rings. The van der Waals surface area contributed by atoms with Crippen LogP contribution in [0, 0.1) is 0 Å². The maximum atomic E-state index is 14.1. The SMILES string of the molecule is CC1(CCO[Si](C)(C)C(C)(C)C)C(=O)N(COCC[Si](C)(C)C)C2(COC2)c2ccc(=O)[nH]c21. The average Bonchev–Trinajstić information content (AvgIpc) is 2.66. The van der Waals surface area contributed by atoms with Crippen LogP contribution >= 0.6 is 0 Å². The number of pyridine rings is 1. The van der Waals surface area contributed by atoms with Gasteiger partial charge in [-0.05, 0) is 43.6 Å². The quantitative estimate of drug-likeness (QED) is 0.394. The van der Waals surface area contributed by atoms with Crippen molar-refractivity contribution in [2.45, 2.75) is 88.9 Å². The van der Waals surface area contributed by atoms with Crippen LogP contribution in [0.5, 0.6) is 0 Å². The monoisotopic (exact) mass is 508 g/mol. The summed E-state index contributed by atoms with van der Waals surface area (Å²) in [5, 5.41) is 0.0836. The summed E-state index contributed by atoms with van der Waals surface area (Å²) in [6, 6.07) is 4.46. The average molecular weight is 509 g/mol. The summed E-state index contributed by atoms with van der Waals surface area (Å²) in [6.45, 7) is 22.1. The molecule has 1 amide bonds. The third-order valence-corrected chi connectivity index (χ3v) is 14.2. The molecule has 1 N–H and O–H groups in total. The van der Waals surface area contributed by atoms with E-state index in [-0.39, 0.29) is 23.2 Å². The van der Waals surface area contributed by atoms with E-state index in [1.165, 1.54) is 0 Å². The number of aromatic nitrogens is 1. The first-order valence-electron chi connectivity index (χ1n) is 12.4. The molecule has 0 bridgehead atoms. The van der Waals surface area contributed by atoms with E-state index in [1.807, 2.05) is 17.9 Å². The van der Waals surface area contributed by atoms with Gasteiger partial charge in [0.1, 0.15) is 12.3 Å². The number of H-pyrrole nitrogens is 1. The molecule has 0 radical (unpaired) electrons. The molecule has 3 rings (SSSR count). The lowest BCUT2D eigenvalue weighted by molar-refractivity contribution is -0.197. The zero-order valence-corrected chi connectivity index (χ0v) is 24.6. The van der Waals surface area contributed by atoms with Crippen molar-refractivity contribution in [1.29, 1.82) is 0 Å². The van der Waals surface area contributed by atoms with E-state index in [1.54, 1.807) is 6.07 Å².